The van der Waals surface area contributed by atoms with E-state index in [2.05, 4.69) is 22.8 Å². The topological polar surface area (TPSA) is 95.6 Å². The van der Waals surface area contributed by atoms with Crippen LogP contribution in [0.4, 0.5) is 0 Å². The summed E-state index contributed by atoms with van der Waals surface area (Å²) >= 11 is 0. The zero-order chi connectivity index (χ0) is 21.1. The first-order valence-electron chi connectivity index (χ1n) is 10.2. The van der Waals surface area contributed by atoms with Gasteiger partial charge in [-0.1, -0.05) is 30.3 Å². The van der Waals surface area contributed by atoms with Gasteiger partial charge in [-0.3, -0.25) is 9.59 Å². The Morgan fingerprint density at radius 1 is 1.17 bits per heavy atom. The molecule has 1 atom stereocenters. The largest absolute Gasteiger partial charge is 0.354 e. The van der Waals surface area contributed by atoms with Crippen molar-refractivity contribution in [2.45, 2.75) is 30.1 Å². The molecule has 0 spiro atoms. The number of carbonyl (C=O) groups is 2. The summed E-state index contributed by atoms with van der Waals surface area (Å²) in [5.74, 6) is -0.365. The van der Waals surface area contributed by atoms with E-state index in [0.29, 0.717) is 12.1 Å². The van der Waals surface area contributed by atoms with Crippen molar-refractivity contribution < 1.29 is 18.0 Å². The summed E-state index contributed by atoms with van der Waals surface area (Å²) in [6.45, 7) is 0.797. The first-order chi connectivity index (χ1) is 14.4. The van der Waals surface area contributed by atoms with E-state index in [-0.39, 0.29) is 42.3 Å². The van der Waals surface area contributed by atoms with Crippen LogP contribution in [0, 0.1) is 0 Å². The van der Waals surface area contributed by atoms with Crippen LogP contribution in [0.25, 0.3) is 0 Å². The van der Waals surface area contributed by atoms with Crippen molar-refractivity contribution in [2.24, 2.45) is 0 Å². The molecule has 0 bridgehead atoms. The maximum Gasteiger partial charge on any atom is 0.251 e. The predicted octanol–water partition coefficient (Wildman–Crippen LogP) is 1.66. The van der Waals surface area contributed by atoms with Gasteiger partial charge in [0.05, 0.1) is 11.4 Å². The number of rotatable bonds is 5. The SMILES string of the molecule is O=C1CN(S(=O)(=O)c2cccc(C(=O)NCC3CCCc4ccccc43)c2)CCN1. The highest BCUT2D eigenvalue weighted by molar-refractivity contribution is 7.89. The lowest BCUT2D eigenvalue weighted by atomic mass is 9.83. The molecule has 1 aliphatic carbocycles. The van der Waals surface area contributed by atoms with Crippen LogP contribution in [0.3, 0.4) is 0 Å². The summed E-state index contributed by atoms with van der Waals surface area (Å²) in [7, 11) is -3.83. The average molecular weight is 428 g/mol. The number of fused-ring (bicyclic) bond motifs is 1. The second-order valence-corrected chi connectivity index (χ2v) is 9.65. The number of sulfonamides is 1. The van der Waals surface area contributed by atoms with Crippen molar-refractivity contribution in [3.8, 4) is 0 Å². The summed E-state index contributed by atoms with van der Waals surface area (Å²) in [5.41, 5.74) is 2.91. The molecule has 1 heterocycles. The van der Waals surface area contributed by atoms with Gasteiger partial charge in [-0.05, 0) is 48.6 Å². The zero-order valence-electron chi connectivity index (χ0n) is 16.6. The smallest absolute Gasteiger partial charge is 0.251 e. The van der Waals surface area contributed by atoms with Gasteiger partial charge in [0.1, 0.15) is 0 Å². The van der Waals surface area contributed by atoms with Gasteiger partial charge in [0, 0.05) is 31.1 Å². The van der Waals surface area contributed by atoms with Crippen molar-refractivity contribution in [3.63, 3.8) is 0 Å². The highest BCUT2D eigenvalue weighted by Gasteiger charge is 2.29. The Morgan fingerprint density at radius 2 is 2.00 bits per heavy atom. The van der Waals surface area contributed by atoms with Crippen LogP contribution >= 0.6 is 0 Å². The number of carbonyl (C=O) groups excluding carboxylic acids is 2. The second kappa shape index (κ2) is 8.57. The third-order valence-corrected chi connectivity index (χ3v) is 7.58. The fourth-order valence-electron chi connectivity index (χ4n) is 4.15. The van der Waals surface area contributed by atoms with E-state index in [1.165, 1.54) is 23.3 Å². The Balaban J connectivity index is 1.46. The van der Waals surface area contributed by atoms with Crippen LogP contribution in [-0.4, -0.2) is 50.7 Å². The van der Waals surface area contributed by atoms with Gasteiger partial charge in [0.2, 0.25) is 15.9 Å². The van der Waals surface area contributed by atoms with Gasteiger partial charge >= 0.3 is 0 Å². The summed E-state index contributed by atoms with van der Waals surface area (Å²) in [6.07, 6.45) is 3.17. The maximum atomic E-state index is 12.9. The highest BCUT2D eigenvalue weighted by Crippen LogP contribution is 2.30. The van der Waals surface area contributed by atoms with Crippen molar-refractivity contribution in [1.82, 2.24) is 14.9 Å². The van der Waals surface area contributed by atoms with E-state index in [1.807, 2.05) is 12.1 Å². The number of piperazine rings is 1. The summed E-state index contributed by atoms with van der Waals surface area (Å²) in [6, 6.07) is 14.3. The molecule has 0 aromatic heterocycles. The molecule has 8 heteroatoms. The van der Waals surface area contributed by atoms with Crippen LogP contribution in [0.2, 0.25) is 0 Å². The van der Waals surface area contributed by atoms with Crippen molar-refractivity contribution in [1.29, 1.82) is 0 Å². The second-order valence-electron chi connectivity index (χ2n) is 7.71. The van der Waals surface area contributed by atoms with E-state index in [9.17, 15) is 18.0 Å². The number of amides is 2. The van der Waals surface area contributed by atoms with E-state index in [1.54, 1.807) is 12.1 Å². The first-order valence-corrected chi connectivity index (χ1v) is 11.6. The normalized spacial score (nSPS) is 19.6. The molecule has 2 aliphatic rings. The lowest BCUT2D eigenvalue weighted by Gasteiger charge is -2.26. The minimum Gasteiger partial charge on any atom is -0.354 e. The molecule has 2 N–H and O–H groups in total. The minimum atomic E-state index is -3.83. The van der Waals surface area contributed by atoms with Crippen LogP contribution in [0.5, 0.6) is 0 Å². The van der Waals surface area contributed by atoms with Gasteiger partial charge in [0.15, 0.2) is 0 Å². The summed E-state index contributed by atoms with van der Waals surface area (Å²) in [5, 5.41) is 5.57. The molecule has 158 valence electrons. The van der Waals surface area contributed by atoms with Gasteiger partial charge in [-0.15, -0.1) is 0 Å². The molecular formula is C22H25N3O4S. The molecule has 7 nitrogen and oxygen atoms in total. The molecule has 2 aromatic rings. The van der Waals surface area contributed by atoms with Gasteiger partial charge < -0.3 is 10.6 Å². The molecule has 1 unspecified atom stereocenters. The van der Waals surface area contributed by atoms with E-state index < -0.39 is 10.0 Å². The molecule has 0 saturated carbocycles. The molecule has 1 aliphatic heterocycles. The van der Waals surface area contributed by atoms with E-state index in [4.69, 9.17) is 0 Å². The van der Waals surface area contributed by atoms with Crippen LogP contribution in [0.15, 0.2) is 53.4 Å². The maximum absolute atomic E-state index is 12.9. The van der Waals surface area contributed by atoms with Crippen LogP contribution in [0.1, 0.15) is 40.2 Å². The molecule has 2 amide bonds. The number of aryl methyl sites for hydroxylation is 1. The molecule has 0 radical (unpaired) electrons. The Hall–Kier alpha value is -2.71. The zero-order valence-corrected chi connectivity index (χ0v) is 17.5. The van der Waals surface area contributed by atoms with Crippen molar-refractivity contribution >= 4 is 21.8 Å². The lowest BCUT2D eigenvalue weighted by molar-refractivity contribution is -0.122. The van der Waals surface area contributed by atoms with Gasteiger partial charge in [-0.25, -0.2) is 8.42 Å². The summed E-state index contributed by atoms with van der Waals surface area (Å²) < 4.78 is 26.9. The average Bonchev–Trinajstić information content (AvgIpc) is 2.77. The first kappa shape index (κ1) is 20.6. The Morgan fingerprint density at radius 3 is 2.83 bits per heavy atom. The Bertz CT molecular complexity index is 1070. The monoisotopic (exact) mass is 427 g/mol. The molecule has 1 fully saturated rings. The third kappa shape index (κ3) is 4.24. The highest BCUT2D eigenvalue weighted by atomic mass is 32.2. The van der Waals surface area contributed by atoms with E-state index >= 15 is 0 Å². The Labute approximate surface area is 176 Å². The van der Waals surface area contributed by atoms with Crippen LogP contribution < -0.4 is 10.6 Å². The molecule has 2 aromatic carbocycles. The van der Waals surface area contributed by atoms with Gasteiger partial charge in [0.25, 0.3) is 5.91 Å². The minimum absolute atomic E-state index is 0.0212. The standard InChI is InChI=1S/C22H25N3O4S/c26-21-15-25(12-11-23-21)30(28,29)19-9-4-7-17(13-19)22(27)24-14-18-8-3-6-16-5-1-2-10-20(16)18/h1-2,4-5,7,9-10,13,18H,3,6,8,11-12,14-15H2,(H,23,26)(H,24,27). The third-order valence-electron chi connectivity index (χ3n) is 5.74. The predicted molar refractivity (Wildman–Crippen MR) is 113 cm³/mol. The van der Waals surface area contributed by atoms with E-state index in [0.717, 1.165) is 23.6 Å². The number of hydrogen-bond donors (Lipinski definition) is 2. The molecule has 1 saturated heterocycles. The number of benzene rings is 2. The molecule has 30 heavy (non-hydrogen) atoms. The fraction of sp³-hybridized carbons (Fsp3) is 0.364. The molecular weight excluding hydrogens is 402 g/mol. The fourth-order valence-corrected chi connectivity index (χ4v) is 5.60. The van der Waals surface area contributed by atoms with Crippen molar-refractivity contribution in [3.05, 3.63) is 65.2 Å². The Kier molecular flexibility index (Phi) is 5.87. The molecule has 4 rings (SSSR count). The van der Waals surface area contributed by atoms with Gasteiger partial charge in [-0.2, -0.15) is 4.31 Å². The van der Waals surface area contributed by atoms with Crippen molar-refractivity contribution in [2.75, 3.05) is 26.2 Å². The number of nitrogens with one attached hydrogen (secondary N) is 2. The number of hydrogen-bond acceptors (Lipinski definition) is 4. The summed E-state index contributed by atoms with van der Waals surface area (Å²) in [4.78, 5) is 24.3. The quantitative estimate of drug-likeness (QED) is 0.759. The number of nitrogens with zero attached hydrogens (tertiary/aromatic N) is 1. The lowest BCUT2D eigenvalue weighted by Crippen LogP contribution is -2.49. The van der Waals surface area contributed by atoms with Crippen LogP contribution in [-0.2, 0) is 21.2 Å².